The van der Waals surface area contributed by atoms with E-state index in [1.165, 1.54) is 5.52 Å². The molecule has 6 nitrogen and oxygen atoms in total. The molecule has 144 valence electrons. The lowest BCUT2D eigenvalue weighted by atomic mass is 10.0. The van der Waals surface area contributed by atoms with E-state index in [9.17, 15) is 4.79 Å². The van der Waals surface area contributed by atoms with Crippen molar-refractivity contribution >= 4 is 16.8 Å². The number of aromatic nitrogens is 2. The van der Waals surface area contributed by atoms with Crippen molar-refractivity contribution in [3.8, 4) is 11.5 Å². The van der Waals surface area contributed by atoms with Crippen LogP contribution in [0.1, 0.15) is 35.1 Å². The topological polar surface area (TPSA) is 56.6 Å². The average Bonchev–Trinajstić information content (AvgIpc) is 3.31. The number of piperidine rings is 1. The van der Waals surface area contributed by atoms with Crippen LogP contribution in [0.15, 0.2) is 42.5 Å². The van der Waals surface area contributed by atoms with Gasteiger partial charge < -0.3 is 14.0 Å². The van der Waals surface area contributed by atoms with Gasteiger partial charge in [-0.1, -0.05) is 12.1 Å². The molecule has 2 aliphatic heterocycles. The fourth-order valence-electron chi connectivity index (χ4n) is 4.33. The van der Waals surface area contributed by atoms with Crippen molar-refractivity contribution in [2.75, 3.05) is 26.4 Å². The van der Waals surface area contributed by atoms with Crippen LogP contribution in [-0.4, -0.2) is 46.7 Å². The van der Waals surface area contributed by atoms with E-state index in [-0.39, 0.29) is 12.6 Å². The fourth-order valence-corrected chi connectivity index (χ4v) is 4.33. The van der Waals surface area contributed by atoms with Crippen molar-refractivity contribution in [3.05, 3.63) is 53.9 Å². The number of imidazole rings is 1. The van der Waals surface area contributed by atoms with Crippen LogP contribution in [0.25, 0.3) is 11.0 Å². The van der Waals surface area contributed by atoms with Crippen molar-refractivity contribution < 1.29 is 14.3 Å². The van der Waals surface area contributed by atoms with E-state index in [0.29, 0.717) is 29.6 Å². The van der Waals surface area contributed by atoms with Crippen molar-refractivity contribution in [1.29, 1.82) is 0 Å². The number of ether oxygens (including phenoxy) is 2. The maximum absolute atomic E-state index is 12.7. The quantitative estimate of drug-likeness (QED) is 0.651. The predicted molar refractivity (Wildman–Crippen MR) is 106 cm³/mol. The normalized spacial score (nSPS) is 17.3. The summed E-state index contributed by atoms with van der Waals surface area (Å²) in [5, 5.41) is 0. The molecule has 2 aliphatic rings. The minimum atomic E-state index is 0.126. The number of rotatable bonds is 4. The molecule has 0 unspecified atom stereocenters. The lowest BCUT2D eigenvalue weighted by molar-refractivity contribution is 0.0898. The van der Waals surface area contributed by atoms with Crippen LogP contribution < -0.4 is 9.47 Å². The van der Waals surface area contributed by atoms with E-state index in [4.69, 9.17) is 14.5 Å². The smallest absolute Gasteiger partial charge is 0.231 e. The number of hydrogen-bond acceptors (Lipinski definition) is 5. The molecule has 5 rings (SSSR count). The third kappa shape index (κ3) is 3.03. The van der Waals surface area contributed by atoms with E-state index >= 15 is 0 Å². The van der Waals surface area contributed by atoms with Crippen LogP contribution in [0, 0.1) is 6.92 Å². The zero-order valence-corrected chi connectivity index (χ0v) is 15.9. The number of fused-ring (bicyclic) bond motifs is 2. The minimum absolute atomic E-state index is 0.126. The highest BCUT2D eigenvalue weighted by molar-refractivity contribution is 5.98. The molecule has 0 atom stereocenters. The zero-order valence-electron chi connectivity index (χ0n) is 15.9. The van der Waals surface area contributed by atoms with Gasteiger partial charge in [-0.25, -0.2) is 4.98 Å². The van der Waals surface area contributed by atoms with Crippen LogP contribution in [0.3, 0.4) is 0 Å². The Kier molecular flexibility index (Phi) is 4.28. The van der Waals surface area contributed by atoms with Crippen LogP contribution in [-0.2, 0) is 0 Å². The summed E-state index contributed by atoms with van der Waals surface area (Å²) < 4.78 is 13.1. The Morgan fingerprint density at radius 1 is 1.11 bits per heavy atom. The number of nitrogens with zero attached hydrogens (tertiary/aromatic N) is 3. The summed E-state index contributed by atoms with van der Waals surface area (Å²) in [6, 6.07) is 14.2. The van der Waals surface area contributed by atoms with E-state index < -0.39 is 0 Å². The summed E-state index contributed by atoms with van der Waals surface area (Å²) >= 11 is 0. The summed E-state index contributed by atoms with van der Waals surface area (Å²) in [6.45, 7) is 4.56. The number of Topliss-reactive ketones (excluding diaryl/α,β-unsaturated/α-hetero) is 1. The van der Waals surface area contributed by atoms with Gasteiger partial charge in [0.25, 0.3) is 0 Å². The standard InChI is InChI=1S/C22H23N3O3/c1-15-23-18-4-2-3-5-19(18)25(15)17-8-10-24(11-9-17)13-20(26)16-6-7-21-22(12-16)28-14-27-21/h2-7,12,17H,8-11,13-14H2,1H3. The van der Waals surface area contributed by atoms with Gasteiger partial charge in [0.2, 0.25) is 6.79 Å². The summed E-state index contributed by atoms with van der Waals surface area (Å²) in [5.41, 5.74) is 2.94. The SMILES string of the molecule is Cc1nc2ccccc2n1C1CCN(CC(=O)c2ccc3c(c2)OCO3)CC1. The molecule has 6 heteroatoms. The first-order valence-corrected chi connectivity index (χ1v) is 9.78. The molecule has 0 N–H and O–H groups in total. The van der Waals surface area contributed by atoms with Gasteiger partial charge >= 0.3 is 0 Å². The first-order chi connectivity index (χ1) is 13.7. The Morgan fingerprint density at radius 2 is 1.89 bits per heavy atom. The zero-order chi connectivity index (χ0) is 19.1. The van der Waals surface area contributed by atoms with Gasteiger partial charge in [0.1, 0.15) is 5.82 Å². The second kappa shape index (κ2) is 6.95. The lowest BCUT2D eigenvalue weighted by Crippen LogP contribution is -2.38. The highest BCUT2D eigenvalue weighted by Gasteiger charge is 2.25. The molecule has 2 aromatic carbocycles. The van der Waals surface area contributed by atoms with Crippen LogP contribution in [0.4, 0.5) is 0 Å². The first-order valence-electron chi connectivity index (χ1n) is 9.78. The largest absolute Gasteiger partial charge is 0.454 e. The van der Waals surface area contributed by atoms with Crippen molar-refractivity contribution in [2.24, 2.45) is 0 Å². The Hall–Kier alpha value is -2.86. The van der Waals surface area contributed by atoms with E-state index in [1.807, 2.05) is 18.2 Å². The molecule has 28 heavy (non-hydrogen) atoms. The third-order valence-electron chi connectivity index (χ3n) is 5.76. The Labute approximate surface area is 163 Å². The van der Waals surface area contributed by atoms with Crippen LogP contribution >= 0.6 is 0 Å². The van der Waals surface area contributed by atoms with Gasteiger partial charge in [-0.15, -0.1) is 0 Å². The Morgan fingerprint density at radius 3 is 2.75 bits per heavy atom. The molecule has 3 aromatic rings. The second-order valence-electron chi connectivity index (χ2n) is 7.52. The lowest BCUT2D eigenvalue weighted by Gasteiger charge is -2.33. The first kappa shape index (κ1) is 17.3. The van der Waals surface area contributed by atoms with Gasteiger partial charge in [-0.05, 0) is 50.1 Å². The predicted octanol–water partition coefficient (Wildman–Crippen LogP) is 3.59. The summed E-state index contributed by atoms with van der Waals surface area (Å²) in [5.74, 6) is 2.56. The van der Waals surface area contributed by atoms with Crippen molar-refractivity contribution in [2.45, 2.75) is 25.8 Å². The molecule has 1 fully saturated rings. The molecule has 0 aliphatic carbocycles. The molecule has 1 aromatic heterocycles. The maximum Gasteiger partial charge on any atom is 0.231 e. The molecule has 1 saturated heterocycles. The number of carbonyl (C=O) groups is 1. The fraction of sp³-hybridized carbons (Fsp3) is 0.364. The molecular formula is C22H23N3O3. The molecule has 0 radical (unpaired) electrons. The van der Waals surface area contributed by atoms with Gasteiger partial charge in [-0.2, -0.15) is 0 Å². The number of ketones is 1. The molecular weight excluding hydrogens is 354 g/mol. The third-order valence-corrected chi connectivity index (χ3v) is 5.76. The van der Waals surface area contributed by atoms with Gasteiger partial charge in [0, 0.05) is 24.7 Å². The number of hydrogen-bond donors (Lipinski definition) is 0. The second-order valence-corrected chi connectivity index (χ2v) is 7.52. The van der Waals surface area contributed by atoms with Gasteiger partial charge in [0.15, 0.2) is 17.3 Å². The molecule has 0 saturated carbocycles. The molecule has 0 bridgehead atoms. The van der Waals surface area contributed by atoms with Gasteiger partial charge in [-0.3, -0.25) is 9.69 Å². The molecule has 3 heterocycles. The Balaban J connectivity index is 1.25. The van der Waals surface area contributed by atoms with Crippen LogP contribution in [0.2, 0.25) is 0 Å². The van der Waals surface area contributed by atoms with E-state index in [2.05, 4.69) is 34.6 Å². The highest BCUT2D eigenvalue weighted by Crippen LogP contribution is 2.33. The number of benzene rings is 2. The van der Waals surface area contributed by atoms with E-state index in [0.717, 1.165) is 37.3 Å². The Bertz CT molecular complexity index is 1030. The number of likely N-dealkylation sites (tertiary alicyclic amines) is 1. The maximum atomic E-state index is 12.7. The van der Waals surface area contributed by atoms with Crippen molar-refractivity contribution in [3.63, 3.8) is 0 Å². The summed E-state index contributed by atoms with van der Waals surface area (Å²) in [6.07, 6.45) is 2.05. The number of carbonyl (C=O) groups excluding carboxylic acids is 1. The number of para-hydroxylation sites is 2. The van der Waals surface area contributed by atoms with Crippen molar-refractivity contribution in [1.82, 2.24) is 14.5 Å². The summed E-state index contributed by atoms with van der Waals surface area (Å²) in [4.78, 5) is 19.6. The highest BCUT2D eigenvalue weighted by atomic mass is 16.7. The number of aryl methyl sites for hydroxylation is 1. The molecule has 0 amide bonds. The molecule has 0 spiro atoms. The summed E-state index contributed by atoms with van der Waals surface area (Å²) in [7, 11) is 0. The minimum Gasteiger partial charge on any atom is -0.454 e. The average molecular weight is 377 g/mol. The van der Waals surface area contributed by atoms with E-state index in [1.54, 1.807) is 6.07 Å². The van der Waals surface area contributed by atoms with Gasteiger partial charge in [0.05, 0.1) is 17.6 Å². The monoisotopic (exact) mass is 377 g/mol. The van der Waals surface area contributed by atoms with Crippen LogP contribution in [0.5, 0.6) is 11.5 Å².